The first-order valence-electron chi connectivity index (χ1n) is 5.06. The van der Waals surface area contributed by atoms with Crippen LogP contribution < -0.4 is 5.73 Å². The molecule has 1 fully saturated rings. The molecule has 2 N–H and O–H groups in total. The van der Waals surface area contributed by atoms with E-state index < -0.39 is 24.1 Å². The Morgan fingerprint density at radius 2 is 2.06 bits per heavy atom. The molecular formula is C9H13F3N2O3. The summed E-state index contributed by atoms with van der Waals surface area (Å²) in [6, 6.07) is 0. The fourth-order valence-corrected chi connectivity index (χ4v) is 1.64. The summed E-state index contributed by atoms with van der Waals surface area (Å²) in [6.45, 7) is -0.459. The Balaban J connectivity index is 2.49. The summed E-state index contributed by atoms with van der Waals surface area (Å²) in [6.07, 6.45) is -4.52. The lowest BCUT2D eigenvalue weighted by Crippen LogP contribution is -2.48. The minimum absolute atomic E-state index is 0.0504. The second-order valence-electron chi connectivity index (χ2n) is 3.79. The summed E-state index contributed by atoms with van der Waals surface area (Å²) in [5.41, 5.74) is 4.85. The van der Waals surface area contributed by atoms with Crippen LogP contribution in [0.3, 0.4) is 0 Å². The van der Waals surface area contributed by atoms with Gasteiger partial charge >= 0.3 is 12.1 Å². The van der Waals surface area contributed by atoms with E-state index >= 15 is 0 Å². The van der Waals surface area contributed by atoms with Gasteiger partial charge in [-0.1, -0.05) is 0 Å². The van der Waals surface area contributed by atoms with Crippen LogP contribution in [0.1, 0.15) is 12.8 Å². The van der Waals surface area contributed by atoms with Crippen LogP contribution in [-0.4, -0.2) is 48.7 Å². The summed E-state index contributed by atoms with van der Waals surface area (Å²) in [5.74, 6) is -2.56. The van der Waals surface area contributed by atoms with Crippen molar-refractivity contribution in [2.45, 2.75) is 25.1 Å². The van der Waals surface area contributed by atoms with Crippen LogP contribution in [0.5, 0.6) is 0 Å². The van der Waals surface area contributed by atoms with Crippen LogP contribution in [0.25, 0.3) is 0 Å². The standard InChI is InChI=1S/C9H13F3N2O3/c10-9(11,12)8(16)14-3-1-2-6(4-14)17-5-7(13)15/h6H,1-5H2,(H2,13,15). The number of carbonyl (C=O) groups excluding carboxylic acids is 2. The quantitative estimate of drug-likeness (QED) is 0.773. The number of hydrogen-bond donors (Lipinski definition) is 1. The van der Waals surface area contributed by atoms with E-state index in [1.54, 1.807) is 0 Å². The molecular weight excluding hydrogens is 241 g/mol. The van der Waals surface area contributed by atoms with Gasteiger partial charge in [0.1, 0.15) is 6.61 Å². The van der Waals surface area contributed by atoms with Crippen molar-refractivity contribution in [3.8, 4) is 0 Å². The van der Waals surface area contributed by atoms with Crippen LogP contribution in [0, 0.1) is 0 Å². The summed E-state index contributed by atoms with van der Waals surface area (Å²) >= 11 is 0. The molecule has 1 heterocycles. The molecule has 98 valence electrons. The SMILES string of the molecule is NC(=O)COC1CCCN(C(=O)C(F)(F)F)C1. The number of rotatable bonds is 3. The second-order valence-corrected chi connectivity index (χ2v) is 3.79. The van der Waals surface area contributed by atoms with Gasteiger partial charge in [-0.05, 0) is 12.8 Å². The van der Waals surface area contributed by atoms with Crippen LogP contribution >= 0.6 is 0 Å². The molecule has 8 heteroatoms. The van der Waals surface area contributed by atoms with Crippen molar-refractivity contribution in [3.63, 3.8) is 0 Å². The van der Waals surface area contributed by atoms with Gasteiger partial charge in [-0.3, -0.25) is 9.59 Å². The third kappa shape index (κ3) is 4.22. The van der Waals surface area contributed by atoms with Gasteiger partial charge < -0.3 is 15.4 Å². The van der Waals surface area contributed by atoms with Crippen LogP contribution in [0.15, 0.2) is 0 Å². The van der Waals surface area contributed by atoms with Gasteiger partial charge in [0, 0.05) is 13.1 Å². The fourth-order valence-electron chi connectivity index (χ4n) is 1.64. The molecule has 0 aromatic rings. The molecule has 1 saturated heterocycles. The molecule has 1 aliphatic heterocycles. The Bertz CT molecular complexity index is 306. The third-order valence-electron chi connectivity index (χ3n) is 2.37. The highest BCUT2D eigenvalue weighted by molar-refractivity contribution is 5.82. The van der Waals surface area contributed by atoms with E-state index in [0.29, 0.717) is 17.7 Å². The molecule has 0 spiro atoms. The smallest absolute Gasteiger partial charge is 0.368 e. The molecule has 1 atom stereocenters. The minimum Gasteiger partial charge on any atom is -0.368 e. The highest BCUT2D eigenvalue weighted by Gasteiger charge is 2.43. The van der Waals surface area contributed by atoms with Gasteiger partial charge in [0.05, 0.1) is 6.10 Å². The van der Waals surface area contributed by atoms with E-state index in [9.17, 15) is 22.8 Å². The van der Waals surface area contributed by atoms with Gasteiger partial charge in [-0.25, -0.2) is 0 Å². The average molecular weight is 254 g/mol. The highest BCUT2D eigenvalue weighted by atomic mass is 19.4. The Labute approximate surface area is 95.7 Å². The summed E-state index contributed by atoms with van der Waals surface area (Å²) in [5, 5.41) is 0. The molecule has 0 radical (unpaired) electrons. The molecule has 0 aromatic carbocycles. The first-order valence-corrected chi connectivity index (χ1v) is 5.06. The molecule has 17 heavy (non-hydrogen) atoms. The van der Waals surface area contributed by atoms with E-state index in [1.807, 2.05) is 0 Å². The van der Waals surface area contributed by atoms with E-state index in [4.69, 9.17) is 10.5 Å². The molecule has 1 aliphatic rings. The van der Waals surface area contributed by atoms with Gasteiger partial charge in [0.15, 0.2) is 0 Å². The number of halogens is 3. The number of amides is 2. The van der Waals surface area contributed by atoms with Crippen molar-refractivity contribution in [1.29, 1.82) is 0 Å². The summed E-state index contributed by atoms with van der Waals surface area (Å²) < 4.78 is 41.5. The second kappa shape index (κ2) is 5.35. The van der Waals surface area contributed by atoms with Crippen molar-refractivity contribution in [2.75, 3.05) is 19.7 Å². The molecule has 0 bridgehead atoms. The van der Waals surface area contributed by atoms with Crippen LogP contribution in [0.2, 0.25) is 0 Å². The molecule has 0 saturated carbocycles. The molecule has 0 aliphatic carbocycles. The zero-order valence-electron chi connectivity index (χ0n) is 9.00. The number of primary amides is 1. The highest BCUT2D eigenvalue weighted by Crippen LogP contribution is 2.22. The monoisotopic (exact) mass is 254 g/mol. The number of nitrogens with zero attached hydrogens (tertiary/aromatic N) is 1. The van der Waals surface area contributed by atoms with Gasteiger partial charge in [-0.2, -0.15) is 13.2 Å². The van der Waals surface area contributed by atoms with E-state index in [1.165, 1.54) is 0 Å². The first-order chi connectivity index (χ1) is 7.80. The molecule has 1 unspecified atom stereocenters. The number of piperidine rings is 1. The number of nitrogens with two attached hydrogens (primary N) is 1. The Hall–Kier alpha value is -1.31. The maximum Gasteiger partial charge on any atom is 0.471 e. The number of likely N-dealkylation sites (tertiary alicyclic amines) is 1. The van der Waals surface area contributed by atoms with Crippen molar-refractivity contribution < 1.29 is 27.5 Å². The zero-order valence-corrected chi connectivity index (χ0v) is 9.00. The van der Waals surface area contributed by atoms with Crippen molar-refractivity contribution in [3.05, 3.63) is 0 Å². The number of hydrogen-bond acceptors (Lipinski definition) is 3. The van der Waals surface area contributed by atoms with E-state index in [-0.39, 0.29) is 19.7 Å². The summed E-state index contributed by atoms with van der Waals surface area (Å²) in [7, 11) is 0. The molecule has 0 aromatic heterocycles. The third-order valence-corrected chi connectivity index (χ3v) is 2.37. The largest absolute Gasteiger partial charge is 0.471 e. The average Bonchev–Trinajstić information content (AvgIpc) is 2.24. The van der Waals surface area contributed by atoms with E-state index in [0.717, 1.165) is 0 Å². The van der Waals surface area contributed by atoms with Crippen molar-refractivity contribution in [1.82, 2.24) is 4.90 Å². The van der Waals surface area contributed by atoms with Crippen molar-refractivity contribution >= 4 is 11.8 Å². The predicted molar refractivity (Wildman–Crippen MR) is 50.8 cm³/mol. The maximum atomic E-state index is 12.2. The lowest BCUT2D eigenvalue weighted by Gasteiger charge is -2.32. The van der Waals surface area contributed by atoms with Crippen LogP contribution in [0.4, 0.5) is 13.2 Å². The topological polar surface area (TPSA) is 72.6 Å². The van der Waals surface area contributed by atoms with Gasteiger partial charge in [0.2, 0.25) is 5.91 Å². The fraction of sp³-hybridized carbons (Fsp3) is 0.778. The maximum absolute atomic E-state index is 12.2. The first kappa shape index (κ1) is 13.8. The lowest BCUT2D eigenvalue weighted by molar-refractivity contribution is -0.188. The van der Waals surface area contributed by atoms with E-state index in [2.05, 4.69) is 0 Å². The normalized spacial score (nSPS) is 21.4. The number of ether oxygens (including phenoxy) is 1. The van der Waals surface area contributed by atoms with Gasteiger partial charge in [0.25, 0.3) is 0 Å². The lowest BCUT2D eigenvalue weighted by atomic mass is 10.1. The zero-order chi connectivity index (χ0) is 13.1. The summed E-state index contributed by atoms with van der Waals surface area (Å²) in [4.78, 5) is 22.1. The van der Waals surface area contributed by atoms with Crippen LogP contribution in [-0.2, 0) is 14.3 Å². The minimum atomic E-state index is -4.87. The van der Waals surface area contributed by atoms with Gasteiger partial charge in [-0.15, -0.1) is 0 Å². The molecule has 2 amide bonds. The Morgan fingerprint density at radius 3 is 2.59 bits per heavy atom. The Morgan fingerprint density at radius 1 is 1.41 bits per heavy atom. The number of alkyl halides is 3. The Kier molecular flexibility index (Phi) is 4.33. The molecule has 1 rings (SSSR count). The predicted octanol–water partition coefficient (Wildman–Crippen LogP) is 0.0416. The molecule has 5 nitrogen and oxygen atoms in total. The number of carbonyl (C=O) groups is 2. The van der Waals surface area contributed by atoms with Crippen molar-refractivity contribution in [2.24, 2.45) is 5.73 Å².